The van der Waals surface area contributed by atoms with Gasteiger partial charge in [0.2, 0.25) is 0 Å². The van der Waals surface area contributed by atoms with E-state index in [-0.39, 0.29) is 10.0 Å². The molecule has 0 bridgehead atoms. The van der Waals surface area contributed by atoms with Crippen molar-refractivity contribution in [3.05, 3.63) is 69.2 Å². The van der Waals surface area contributed by atoms with Crippen LogP contribution in [0.15, 0.2) is 34.8 Å². The van der Waals surface area contributed by atoms with E-state index in [4.69, 9.17) is 0 Å². The summed E-state index contributed by atoms with van der Waals surface area (Å²) in [6.07, 6.45) is -1.74. The monoisotopic (exact) mass is 334 g/mol. The second kappa shape index (κ2) is 5.30. The third-order valence-electron chi connectivity index (χ3n) is 2.63. The highest BCUT2D eigenvalue weighted by molar-refractivity contribution is 9.10. The van der Waals surface area contributed by atoms with Crippen molar-refractivity contribution >= 4 is 15.9 Å². The fourth-order valence-corrected chi connectivity index (χ4v) is 2.24. The zero-order valence-corrected chi connectivity index (χ0v) is 10.9. The first-order valence-electron chi connectivity index (χ1n) is 5.19. The van der Waals surface area contributed by atoms with Crippen molar-refractivity contribution in [1.29, 1.82) is 0 Å². The van der Waals surface area contributed by atoms with Gasteiger partial charge in [-0.25, -0.2) is 17.6 Å². The van der Waals surface area contributed by atoms with Gasteiger partial charge in [-0.1, -0.05) is 28.1 Å². The zero-order chi connectivity index (χ0) is 14.2. The van der Waals surface area contributed by atoms with Gasteiger partial charge in [0.15, 0.2) is 17.5 Å². The standard InChI is InChI=1S/C13H7BrF4O/c14-7-2-1-3-8(15)10(7)13(19)6-4-5-9(16)12(18)11(6)17/h1-5,13,19H. The molecule has 1 atom stereocenters. The molecule has 2 aromatic carbocycles. The first kappa shape index (κ1) is 14.0. The zero-order valence-electron chi connectivity index (χ0n) is 9.30. The summed E-state index contributed by atoms with van der Waals surface area (Å²) in [6.45, 7) is 0. The first-order valence-corrected chi connectivity index (χ1v) is 5.98. The van der Waals surface area contributed by atoms with Gasteiger partial charge in [-0.3, -0.25) is 0 Å². The molecule has 0 saturated carbocycles. The van der Waals surface area contributed by atoms with Crippen molar-refractivity contribution in [2.45, 2.75) is 6.10 Å². The highest BCUT2D eigenvalue weighted by Crippen LogP contribution is 2.32. The Morgan fingerprint density at radius 3 is 2.21 bits per heavy atom. The van der Waals surface area contributed by atoms with Crippen LogP contribution >= 0.6 is 15.9 Å². The number of halogens is 5. The second-order valence-corrected chi connectivity index (χ2v) is 4.66. The lowest BCUT2D eigenvalue weighted by molar-refractivity contribution is 0.206. The minimum absolute atomic E-state index is 0.198. The number of aliphatic hydroxyl groups excluding tert-OH is 1. The number of aliphatic hydroxyl groups is 1. The van der Waals surface area contributed by atoms with E-state index in [1.54, 1.807) is 0 Å². The summed E-state index contributed by atoms with van der Waals surface area (Å²) < 4.78 is 53.3. The van der Waals surface area contributed by atoms with Crippen LogP contribution < -0.4 is 0 Å². The van der Waals surface area contributed by atoms with E-state index in [1.807, 2.05) is 0 Å². The lowest BCUT2D eigenvalue weighted by atomic mass is 10.0. The largest absolute Gasteiger partial charge is 0.383 e. The average Bonchev–Trinajstić information content (AvgIpc) is 2.35. The molecule has 1 unspecified atom stereocenters. The fraction of sp³-hybridized carbons (Fsp3) is 0.0769. The topological polar surface area (TPSA) is 20.2 Å². The summed E-state index contributed by atoms with van der Waals surface area (Å²) >= 11 is 3.01. The van der Waals surface area contributed by atoms with E-state index in [0.29, 0.717) is 6.07 Å². The maximum atomic E-state index is 13.6. The fourth-order valence-electron chi connectivity index (χ4n) is 1.68. The van der Waals surface area contributed by atoms with Crippen LogP contribution in [-0.4, -0.2) is 5.11 Å². The molecule has 1 nitrogen and oxygen atoms in total. The van der Waals surface area contributed by atoms with Gasteiger partial charge < -0.3 is 5.11 Å². The van der Waals surface area contributed by atoms with E-state index in [1.165, 1.54) is 12.1 Å². The lowest BCUT2D eigenvalue weighted by Crippen LogP contribution is -2.08. The summed E-state index contributed by atoms with van der Waals surface area (Å²) in [6, 6.07) is 5.45. The lowest BCUT2D eigenvalue weighted by Gasteiger charge is -2.15. The predicted octanol–water partition coefficient (Wildman–Crippen LogP) is 4.09. The highest BCUT2D eigenvalue weighted by Gasteiger charge is 2.24. The third-order valence-corrected chi connectivity index (χ3v) is 3.32. The Morgan fingerprint density at radius 1 is 0.895 bits per heavy atom. The molecule has 2 rings (SSSR count). The summed E-state index contributed by atoms with van der Waals surface area (Å²) in [5.74, 6) is -5.40. The van der Waals surface area contributed by atoms with Crippen molar-refractivity contribution in [3.8, 4) is 0 Å². The van der Waals surface area contributed by atoms with Crippen molar-refractivity contribution in [3.63, 3.8) is 0 Å². The molecule has 100 valence electrons. The van der Waals surface area contributed by atoms with Gasteiger partial charge in [0.25, 0.3) is 0 Å². The molecule has 0 aromatic heterocycles. The molecule has 0 saturated heterocycles. The second-order valence-electron chi connectivity index (χ2n) is 3.80. The maximum absolute atomic E-state index is 13.6. The molecule has 0 fully saturated rings. The minimum atomic E-state index is -1.74. The molecule has 0 spiro atoms. The van der Waals surface area contributed by atoms with Crippen LogP contribution in [0.5, 0.6) is 0 Å². The minimum Gasteiger partial charge on any atom is -0.383 e. The van der Waals surface area contributed by atoms with Crippen LogP contribution in [0.2, 0.25) is 0 Å². The van der Waals surface area contributed by atoms with Crippen molar-refractivity contribution in [2.24, 2.45) is 0 Å². The summed E-state index contributed by atoms with van der Waals surface area (Å²) in [4.78, 5) is 0. The Hall–Kier alpha value is -1.40. The molecule has 6 heteroatoms. The van der Waals surface area contributed by atoms with E-state index >= 15 is 0 Å². The molecule has 0 aliphatic carbocycles. The van der Waals surface area contributed by atoms with Crippen LogP contribution in [0, 0.1) is 23.3 Å². The Bertz CT molecular complexity index is 610. The Kier molecular flexibility index (Phi) is 3.91. The van der Waals surface area contributed by atoms with Gasteiger partial charge in [-0.15, -0.1) is 0 Å². The Morgan fingerprint density at radius 2 is 1.58 bits per heavy atom. The van der Waals surface area contributed by atoms with Crippen molar-refractivity contribution in [2.75, 3.05) is 0 Å². The average molecular weight is 335 g/mol. The van der Waals surface area contributed by atoms with Crippen LogP contribution in [0.4, 0.5) is 17.6 Å². The number of hydrogen-bond acceptors (Lipinski definition) is 1. The smallest absolute Gasteiger partial charge is 0.194 e. The molecule has 0 amide bonds. The maximum Gasteiger partial charge on any atom is 0.194 e. The van der Waals surface area contributed by atoms with E-state index < -0.39 is 34.9 Å². The number of rotatable bonds is 2. The van der Waals surface area contributed by atoms with Gasteiger partial charge in [-0.05, 0) is 18.2 Å². The van der Waals surface area contributed by atoms with Crippen LogP contribution in [0.25, 0.3) is 0 Å². The van der Waals surface area contributed by atoms with Crippen LogP contribution in [0.3, 0.4) is 0 Å². The van der Waals surface area contributed by atoms with Gasteiger partial charge >= 0.3 is 0 Å². The predicted molar refractivity (Wildman–Crippen MR) is 64.5 cm³/mol. The van der Waals surface area contributed by atoms with E-state index in [9.17, 15) is 22.7 Å². The summed E-state index contributed by atoms with van der Waals surface area (Å²) in [5.41, 5.74) is -0.780. The number of hydrogen-bond donors (Lipinski definition) is 1. The molecule has 19 heavy (non-hydrogen) atoms. The SMILES string of the molecule is OC(c1ccc(F)c(F)c1F)c1c(F)cccc1Br. The number of benzene rings is 2. The third kappa shape index (κ3) is 2.50. The molecule has 2 aromatic rings. The van der Waals surface area contributed by atoms with E-state index in [0.717, 1.165) is 12.1 Å². The summed E-state index contributed by atoms with van der Waals surface area (Å²) in [7, 11) is 0. The van der Waals surface area contributed by atoms with Gasteiger partial charge in [-0.2, -0.15) is 0 Å². The molecular weight excluding hydrogens is 328 g/mol. The van der Waals surface area contributed by atoms with Crippen molar-refractivity contribution in [1.82, 2.24) is 0 Å². The molecule has 0 aliphatic rings. The van der Waals surface area contributed by atoms with Crippen LogP contribution in [-0.2, 0) is 0 Å². The molecule has 0 radical (unpaired) electrons. The highest BCUT2D eigenvalue weighted by atomic mass is 79.9. The normalized spacial score (nSPS) is 12.5. The Labute approximate surface area is 114 Å². The Balaban J connectivity index is 2.57. The van der Waals surface area contributed by atoms with Gasteiger partial charge in [0.05, 0.1) is 0 Å². The van der Waals surface area contributed by atoms with Gasteiger partial charge in [0.1, 0.15) is 11.9 Å². The van der Waals surface area contributed by atoms with E-state index in [2.05, 4.69) is 15.9 Å². The van der Waals surface area contributed by atoms with Crippen LogP contribution in [0.1, 0.15) is 17.2 Å². The first-order chi connectivity index (χ1) is 8.93. The summed E-state index contributed by atoms with van der Waals surface area (Å²) in [5, 5.41) is 9.95. The molecular formula is C13H7BrF4O. The van der Waals surface area contributed by atoms with Gasteiger partial charge in [0, 0.05) is 15.6 Å². The van der Waals surface area contributed by atoms with Crippen molar-refractivity contribution < 1.29 is 22.7 Å². The quantitative estimate of drug-likeness (QED) is 0.648. The molecule has 1 N–H and O–H groups in total. The molecule has 0 aliphatic heterocycles. The molecule has 0 heterocycles.